The van der Waals surface area contributed by atoms with Crippen molar-refractivity contribution in [2.45, 2.75) is 63.1 Å². The first-order valence-electron chi connectivity index (χ1n) is 8.55. The molecule has 2 aliphatic heterocycles. The molecule has 2 heterocycles. The van der Waals surface area contributed by atoms with Crippen LogP contribution in [-0.4, -0.2) is 60.2 Å². The summed E-state index contributed by atoms with van der Waals surface area (Å²) in [6.45, 7) is 2.74. The first-order chi connectivity index (χ1) is 10.3. The predicted molar refractivity (Wildman–Crippen MR) is 93.9 cm³/mol. The molecule has 1 N–H and O–H groups in total. The van der Waals surface area contributed by atoms with Crippen molar-refractivity contribution < 1.29 is 9.53 Å². The Hall–Kier alpha value is 0.0300. The van der Waals surface area contributed by atoms with Gasteiger partial charge in [0.2, 0.25) is 5.91 Å². The van der Waals surface area contributed by atoms with Crippen LogP contribution in [0, 0.1) is 0 Å². The average molecular weight is 349 g/mol. The van der Waals surface area contributed by atoms with Crippen molar-refractivity contribution in [3.63, 3.8) is 0 Å². The highest BCUT2D eigenvalue weighted by Gasteiger charge is 2.31. The number of hydrogen-bond donors (Lipinski definition) is 1. The second-order valence-electron chi connectivity index (χ2n) is 6.55. The number of ether oxygens (including phenoxy) is 1. The van der Waals surface area contributed by atoms with Crippen molar-refractivity contribution in [2.24, 2.45) is 0 Å². The molecule has 1 amide bonds. The quantitative estimate of drug-likeness (QED) is 0.828. The van der Waals surface area contributed by atoms with Crippen molar-refractivity contribution in [3.05, 3.63) is 0 Å². The third-order valence-corrected chi connectivity index (χ3v) is 6.06. The maximum Gasteiger partial charge on any atom is 0.224 e. The summed E-state index contributed by atoms with van der Waals surface area (Å²) in [4.78, 5) is 15.0. The van der Waals surface area contributed by atoms with Gasteiger partial charge in [-0.3, -0.25) is 4.79 Å². The van der Waals surface area contributed by atoms with Crippen molar-refractivity contribution in [1.82, 2.24) is 10.2 Å². The van der Waals surface area contributed by atoms with Gasteiger partial charge in [-0.2, -0.15) is 11.8 Å². The Morgan fingerprint density at radius 3 is 2.68 bits per heavy atom. The third kappa shape index (κ3) is 5.02. The standard InChI is InChI=1S/C16H28N2O2S.ClH/c19-16(10-13-12-21-9-7-17-13)18(14-4-1-2-5-14)11-15-6-3-8-20-15;/h13-15,17H,1-12H2;1H. The minimum absolute atomic E-state index is 0. The molecule has 2 unspecified atom stereocenters. The molecule has 22 heavy (non-hydrogen) atoms. The molecule has 0 aromatic carbocycles. The summed E-state index contributed by atoms with van der Waals surface area (Å²) in [6, 6.07) is 0.836. The Morgan fingerprint density at radius 2 is 2.05 bits per heavy atom. The number of rotatable bonds is 5. The van der Waals surface area contributed by atoms with Gasteiger partial charge in [0.15, 0.2) is 0 Å². The Bertz CT molecular complexity index is 341. The van der Waals surface area contributed by atoms with E-state index in [2.05, 4.69) is 10.2 Å². The molecule has 4 nitrogen and oxygen atoms in total. The number of thioether (sulfide) groups is 1. The van der Waals surface area contributed by atoms with Gasteiger partial charge in [0.05, 0.1) is 6.10 Å². The summed E-state index contributed by atoms with van der Waals surface area (Å²) < 4.78 is 5.77. The average Bonchev–Trinajstić information content (AvgIpc) is 3.19. The molecule has 3 fully saturated rings. The predicted octanol–water partition coefficient (Wildman–Crippen LogP) is 2.45. The molecule has 0 bridgehead atoms. The summed E-state index contributed by atoms with van der Waals surface area (Å²) in [6.07, 6.45) is 8.14. The Labute approximate surface area is 144 Å². The van der Waals surface area contributed by atoms with Crippen LogP contribution in [0.15, 0.2) is 0 Å². The number of nitrogens with one attached hydrogen (secondary N) is 1. The van der Waals surface area contributed by atoms with E-state index in [1.54, 1.807) is 0 Å². The van der Waals surface area contributed by atoms with E-state index in [4.69, 9.17) is 4.74 Å². The monoisotopic (exact) mass is 348 g/mol. The lowest BCUT2D eigenvalue weighted by molar-refractivity contribution is -0.135. The zero-order valence-corrected chi connectivity index (χ0v) is 14.9. The maximum atomic E-state index is 12.8. The number of carbonyl (C=O) groups excluding carboxylic acids is 1. The normalized spacial score (nSPS) is 29.3. The molecule has 1 aliphatic carbocycles. The molecular weight excluding hydrogens is 320 g/mol. The van der Waals surface area contributed by atoms with Crippen molar-refractivity contribution in [3.8, 4) is 0 Å². The first kappa shape index (κ1) is 18.4. The van der Waals surface area contributed by atoms with E-state index in [9.17, 15) is 4.79 Å². The molecular formula is C16H29ClN2O2S. The zero-order chi connectivity index (χ0) is 14.5. The summed E-state index contributed by atoms with van der Waals surface area (Å²) in [7, 11) is 0. The molecule has 2 saturated heterocycles. The summed E-state index contributed by atoms with van der Waals surface area (Å²) in [5, 5.41) is 3.49. The zero-order valence-electron chi connectivity index (χ0n) is 13.3. The summed E-state index contributed by atoms with van der Waals surface area (Å²) >= 11 is 1.96. The van der Waals surface area contributed by atoms with Gasteiger partial charge in [-0.05, 0) is 25.7 Å². The number of carbonyl (C=O) groups is 1. The molecule has 6 heteroatoms. The molecule has 3 aliphatic rings. The molecule has 3 rings (SSSR count). The minimum atomic E-state index is 0. The van der Waals surface area contributed by atoms with Crippen LogP contribution < -0.4 is 5.32 Å². The number of hydrogen-bond acceptors (Lipinski definition) is 4. The third-order valence-electron chi connectivity index (χ3n) is 4.93. The molecule has 0 aromatic heterocycles. The van der Waals surface area contributed by atoms with Gasteiger partial charge in [-0.15, -0.1) is 12.4 Å². The van der Waals surface area contributed by atoms with E-state index in [-0.39, 0.29) is 18.5 Å². The lowest BCUT2D eigenvalue weighted by Gasteiger charge is -2.33. The fourth-order valence-electron chi connectivity index (χ4n) is 3.76. The molecule has 128 valence electrons. The highest BCUT2D eigenvalue weighted by atomic mass is 35.5. The van der Waals surface area contributed by atoms with Gasteiger partial charge >= 0.3 is 0 Å². The van der Waals surface area contributed by atoms with Gasteiger partial charge in [0.25, 0.3) is 0 Å². The van der Waals surface area contributed by atoms with Crippen LogP contribution >= 0.6 is 24.2 Å². The van der Waals surface area contributed by atoms with Crippen LogP contribution in [-0.2, 0) is 9.53 Å². The Balaban J connectivity index is 0.00000176. The molecule has 0 radical (unpaired) electrons. The SMILES string of the molecule is Cl.O=C(CC1CSCCN1)N(CC1CCCO1)C1CCCC1. The highest BCUT2D eigenvalue weighted by Crippen LogP contribution is 2.26. The number of nitrogens with zero attached hydrogens (tertiary/aromatic N) is 1. The number of halogens is 1. The van der Waals surface area contributed by atoms with Crippen molar-refractivity contribution in [1.29, 1.82) is 0 Å². The summed E-state index contributed by atoms with van der Waals surface area (Å²) in [5.41, 5.74) is 0. The van der Waals surface area contributed by atoms with Crippen LogP contribution in [0.2, 0.25) is 0 Å². The van der Waals surface area contributed by atoms with Gasteiger partial charge < -0.3 is 15.0 Å². The van der Waals surface area contributed by atoms with Crippen LogP contribution in [0.5, 0.6) is 0 Å². The maximum absolute atomic E-state index is 12.8. The smallest absolute Gasteiger partial charge is 0.224 e. The van der Waals surface area contributed by atoms with Crippen LogP contribution in [0.25, 0.3) is 0 Å². The van der Waals surface area contributed by atoms with Crippen LogP contribution in [0.1, 0.15) is 44.9 Å². The second-order valence-corrected chi connectivity index (χ2v) is 7.70. The fraction of sp³-hybridized carbons (Fsp3) is 0.938. The molecule has 1 saturated carbocycles. The highest BCUT2D eigenvalue weighted by molar-refractivity contribution is 7.99. The molecule has 0 aromatic rings. The van der Waals surface area contributed by atoms with Gasteiger partial charge in [-0.25, -0.2) is 0 Å². The molecule has 2 atom stereocenters. The van der Waals surface area contributed by atoms with Crippen molar-refractivity contribution >= 4 is 30.1 Å². The largest absolute Gasteiger partial charge is 0.376 e. The van der Waals surface area contributed by atoms with E-state index in [1.807, 2.05) is 11.8 Å². The van der Waals surface area contributed by atoms with Gasteiger partial charge in [0, 0.05) is 49.7 Å². The van der Waals surface area contributed by atoms with E-state index in [1.165, 1.54) is 31.4 Å². The fourth-order valence-corrected chi connectivity index (χ4v) is 4.71. The van der Waals surface area contributed by atoms with Crippen LogP contribution in [0.4, 0.5) is 0 Å². The van der Waals surface area contributed by atoms with Gasteiger partial charge in [0.1, 0.15) is 0 Å². The van der Waals surface area contributed by atoms with Crippen LogP contribution in [0.3, 0.4) is 0 Å². The van der Waals surface area contributed by atoms with E-state index >= 15 is 0 Å². The van der Waals surface area contributed by atoms with E-state index in [0.717, 1.165) is 38.3 Å². The van der Waals surface area contributed by atoms with Crippen molar-refractivity contribution in [2.75, 3.05) is 31.2 Å². The molecule has 0 spiro atoms. The van der Waals surface area contributed by atoms with E-state index < -0.39 is 0 Å². The second kappa shape index (κ2) is 9.36. The lowest BCUT2D eigenvalue weighted by atomic mass is 10.1. The van der Waals surface area contributed by atoms with E-state index in [0.29, 0.717) is 24.4 Å². The number of amides is 1. The Morgan fingerprint density at radius 1 is 1.23 bits per heavy atom. The Kier molecular flexibility index (Phi) is 7.81. The van der Waals surface area contributed by atoms with Gasteiger partial charge in [-0.1, -0.05) is 12.8 Å². The first-order valence-corrected chi connectivity index (χ1v) is 9.70. The summed E-state index contributed by atoms with van der Waals surface area (Å²) in [5.74, 6) is 2.59. The minimum Gasteiger partial charge on any atom is -0.376 e. The lowest BCUT2D eigenvalue weighted by Crippen LogP contribution is -2.47. The topological polar surface area (TPSA) is 41.6 Å².